The molecular formula is C24H28N2O3S. The maximum absolute atomic E-state index is 13.6. The van der Waals surface area contributed by atoms with Crippen LogP contribution in [0.5, 0.6) is 0 Å². The van der Waals surface area contributed by atoms with Gasteiger partial charge >= 0.3 is 0 Å². The zero-order valence-corrected chi connectivity index (χ0v) is 18.3. The van der Waals surface area contributed by atoms with Crippen molar-refractivity contribution in [1.29, 1.82) is 0 Å². The lowest BCUT2D eigenvalue weighted by atomic mass is 9.98. The van der Waals surface area contributed by atoms with Crippen LogP contribution in [0.1, 0.15) is 37.8 Å². The van der Waals surface area contributed by atoms with Gasteiger partial charge in [-0.25, -0.2) is 8.42 Å². The zero-order valence-electron chi connectivity index (χ0n) is 17.5. The van der Waals surface area contributed by atoms with Gasteiger partial charge in [-0.2, -0.15) is 0 Å². The molecule has 0 amide bonds. The highest BCUT2D eigenvalue weighted by molar-refractivity contribution is 7.91. The molecule has 0 radical (unpaired) electrons. The quantitative estimate of drug-likeness (QED) is 0.659. The Kier molecular flexibility index (Phi) is 5.80. The molecule has 0 aliphatic carbocycles. The Hall–Kier alpha value is -2.44. The van der Waals surface area contributed by atoms with Crippen LogP contribution in [0.25, 0.3) is 10.9 Å². The number of hydrogen-bond donors (Lipinski definition) is 1. The summed E-state index contributed by atoms with van der Waals surface area (Å²) in [6.45, 7) is 5.80. The minimum Gasteiger partial charge on any atom is -0.392 e. The second-order valence-electron chi connectivity index (χ2n) is 8.15. The minimum atomic E-state index is -3.74. The smallest absolute Gasteiger partial charge is 0.210 e. The Morgan fingerprint density at radius 1 is 1.07 bits per heavy atom. The molecule has 0 saturated carbocycles. The molecule has 0 spiro atoms. The average Bonchev–Trinajstić information content (AvgIpc) is 2.78. The average molecular weight is 425 g/mol. The fourth-order valence-electron chi connectivity index (χ4n) is 4.09. The molecule has 1 aliphatic rings. The first-order chi connectivity index (χ1) is 14.4. The van der Waals surface area contributed by atoms with E-state index in [1.807, 2.05) is 37.3 Å². The van der Waals surface area contributed by atoms with Gasteiger partial charge in [0.25, 0.3) is 0 Å². The highest BCUT2D eigenvalue weighted by Gasteiger charge is 2.28. The molecule has 2 heterocycles. The third kappa shape index (κ3) is 3.82. The van der Waals surface area contributed by atoms with Crippen molar-refractivity contribution in [2.75, 3.05) is 18.0 Å². The predicted octanol–water partition coefficient (Wildman–Crippen LogP) is 4.36. The van der Waals surface area contributed by atoms with Gasteiger partial charge in [-0.1, -0.05) is 32.0 Å². The molecule has 158 valence electrons. The third-order valence-electron chi connectivity index (χ3n) is 6.08. The number of sulfone groups is 1. The molecule has 30 heavy (non-hydrogen) atoms. The van der Waals surface area contributed by atoms with Gasteiger partial charge in [0.05, 0.1) is 22.7 Å². The van der Waals surface area contributed by atoms with E-state index in [1.54, 1.807) is 12.1 Å². The number of fused-ring (bicyclic) bond motifs is 1. The van der Waals surface area contributed by atoms with Crippen molar-refractivity contribution < 1.29 is 13.5 Å². The van der Waals surface area contributed by atoms with Crippen molar-refractivity contribution >= 4 is 26.4 Å². The molecule has 1 N–H and O–H groups in total. The molecule has 1 aromatic heterocycles. The number of rotatable bonds is 5. The molecular weight excluding hydrogens is 396 g/mol. The maximum atomic E-state index is 13.6. The van der Waals surface area contributed by atoms with Crippen LogP contribution in [0.3, 0.4) is 0 Å². The fraction of sp³-hybridized carbons (Fsp3) is 0.375. The monoisotopic (exact) mass is 424 g/mol. The van der Waals surface area contributed by atoms with E-state index >= 15 is 0 Å². The van der Waals surface area contributed by atoms with Crippen LogP contribution in [0.4, 0.5) is 5.69 Å². The number of aryl methyl sites for hydroxylation is 1. The SMILES string of the molecule is CCc1ccc(S(=O)(=O)c2cnc3ccc(CO)cc3c2N2CCC(C)CC2)cc1. The summed E-state index contributed by atoms with van der Waals surface area (Å²) in [5.74, 6) is 0.629. The summed E-state index contributed by atoms with van der Waals surface area (Å²) in [5.41, 5.74) is 3.30. The number of benzene rings is 2. The Morgan fingerprint density at radius 3 is 2.37 bits per heavy atom. The van der Waals surface area contributed by atoms with E-state index in [9.17, 15) is 13.5 Å². The number of aliphatic hydroxyl groups is 1. The number of aromatic nitrogens is 1. The van der Waals surface area contributed by atoms with Gasteiger partial charge in [0.2, 0.25) is 9.84 Å². The normalized spacial score (nSPS) is 15.6. The lowest BCUT2D eigenvalue weighted by molar-refractivity contribution is 0.282. The van der Waals surface area contributed by atoms with E-state index in [4.69, 9.17) is 0 Å². The molecule has 0 bridgehead atoms. The zero-order chi connectivity index (χ0) is 21.3. The number of aliphatic hydroxyl groups excluding tert-OH is 1. The van der Waals surface area contributed by atoms with Crippen molar-refractivity contribution in [2.24, 2.45) is 5.92 Å². The first-order valence-corrected chi connectivity index (χ1v) is 12.0. The molecule has 3 aromatic rings. The molecule has 0 atom stereocenters. The molecule has 4 rings (SSSR count). The van der Waals surface area contributed by atoms with Crippen molar-refractivity contribution in [2.45, 2.75) is 49.5 Å². The summed E-state index contributed by atoms with van der Waals surface area (Å²) in [6, 6.07) is 12.7. The lowest BCUT2D eigenvalue weighted by Gasteiger charge is -2.34. The summed E-state index contributed by atoms with van der Waals surface area (Å²) >= 11 is 0. The first kappa shape index (κ1) is 20.8. The van der Waals surface area contributed by atoms with E-state index < -0.39 is 9.84 Å². The van der Waals surface area contributed by atoms with Crippen LogP contribution < -0.4 is 4.90 Å². The van der Waals surface area contributed by atoms with Crippen LogP contribution in [0.2, 0.25) is 0 Å². The van der Waals surface area contributed by atoms with Gasteiger partial charge in [0, 0.05) is 24.7 Å². The van der Waals surface area contributed by atoms with Gasteiger partial charge in [-0.05, 0) is 60.6 Å². The minimum absolute atomic E-state index is 0.0954. The van der Waals surface area contributed by atoms with Crippen molar-refractivity contribution in [3.8, 4) is 0 Å². The van der Waals surface area contributed by atoms with Crippen LogP contribution >= 0.6 is 0 Å². The Balaban J connectivity index is 1.92. The topological polar surface area (TPSA) is 70.5 Å². The van der Waals surface area contributed by atoms with Gasteiger partial charge < -0.3 is 10.0 Å². The highest BCUT2D eigenvalue weighted by Crippen LogP contribution is 2.38. The summed E-state index contributed by atoms with van der Waals surface area (Å²) in [4.78, 5) is 7.17. The van der Waals surface area contributed by atoms with E-state index in [0.29, 0.717) is 11.6 Å². The van der Waals surface area contributed by atoms with Crippen molar-refractivity contribution in [3.63, 3.8) is 0 Å². The molecule has 5 nitrogen and oxygen atoms in total. The molecule has 6 heteroatoms. The van der Waals surface area contributed by atoms with Gasteiger partial charge in [0.1, 0.15) is 4.90 Å². The van der Waals surface area contributed by atoms with E-state index in [0.717, 1.165) is 54.4 Å². The Bertz CT molecular complexity index is 1150. The third-order valence-corrected chi connectivity index (χ3v) is 7.85. The van der Waals surface area contributed by atoms with Gasteiger partial charge in [0.15, 0.2) is 0 Å². The largest absolute Gasteiger partial charge is 0.392 e. The highest BCUT2D eigenvalue weighted by atomic mass is 32.2. The van der Waals surface area contributed by atoms with Gasteiger partial charge in [-0.3, -0.25) is 4.98 Å². The van der Waals surface area contributed by atoms with Crippen LogP contribution in [-0.2, 0) is 22.9 Å². The molecule has 1 aliphatic heterocycles. The molecule has 2 aromatic carbocycles. The first-order valence-electron chi connectivity index (χ1n) is 10.6. The lowest BCUT2D eigenvalue weighted by Crippen LogP contribution is -2.34. The number of pyridine rings is 1. The Labute approximate surface area is 178 Å². The number of anilines is 1. The molecule has 1 fully saturated rings. The second-order valence-corrected chi connectivity index (χ2v) is 10.1. The number of piperidine rings is 1. The summed E-state index contributed by atoms with van der Waals surface area (Å²) in [6.07, 6.45) is 4.40. The van der Waals surface area contributed by atoms with E-state index in [-0.39, 0.29) is 16.4 Å². The second kappa shape index (κ2) is 8.36. The predicted molar refractivity (Wildman–Crippen MR) is 120 cm³/mol. The van der Waals surface area contributed by atoms with E-state index in [1.165, 1.54) is 6.20 Å². The maximum Gasteiger partial charge on any atom is 0.210 e. The van der Waals surface area contributed by atoms with Crippen molar-refractivity contribution in [3.05, 3.63) is 59.8 Å². The Morgan fingerprint density at radius 2 is 1.73 bits per heavy atom. The molecule has 1 saturated heterocycles. The number of nitrogens with zero attached hydrogens (tertiary/aromatic N) is 2. The van der Waals surface area contributed by atoms with Crippen molar-refractivity contribution in [1.82, 2.24) is 4.98 Å². The molecule has 0 unspecified atom stereocenters. The fourth-order valence-corrected chi connectivity index (χ4v) is 5.53. The van der Waals surface area contributed by atoms with Crippen LogP contribution in [0.15, 0.2) is 58.5 Å². The summed E-state index contributed by atoms with van der Waals surface area (Å²) in [7, 11) is -3.74. The summed E-state index contributed by atoms with van der Waals surface area (Å²) in [5, 5.41) is 10.4. The van der Waals surface area contributed by atoms with Crippen LogP contribution in [-0.4, -0.2) is 31.6 Å². The number of hydrogen-bond acceptors (Lipinski definition) is 5. The standard InChI is InChI=1S/C24H28N2O3S/c1-3-18-4-7-20(8-5-18)30(28,29)23-15-25-22-9-6-19(16-27)14-21(22)24(23)26-12-10-17(2)11-13-26/h4-9,14-15,17,27H,3,10-13,16H2,1-2H3. The van der Waals surface area contributed by atoms with Gasteiger partial charge in [-0.15, -0.1) is 0 Å². The summed E-state index contributed by atoms with van der Waals surface area (Å²) < 4.78 is 27.3. The van der Waals surface area contributed by atoms with Crippen LogP contribution in [0, 0.1) is 5.92 Å². The van der Waals surface area contributed by atoms with E-state index in [2.05, 4.69) is 16.8 Å².